The minimum atomic E-state index is -0.770. The van der Waals surface area contributed by atoms with E-state index >= 15 is 0 Å². The number of hydrogen-bond acceptors (Lipinski definition) is 3. The number of ether oxygens (including phenoxy) is 2. The van der Waals surface area contributed by atoms with Gasteiger partial charge in [-0.2, -0.15) is 0 Å². The normalized spacial score (nSPS) is 15.3. The van der Waals surface area contributed by atoms with Crippen LogP contribution in [0.2, 0.25) is 0 Å². The topological polar surface area (TPSA) is 55.8 Å². The molecule has 28 heavy (non-hydrogen) atoms. The van der Waals surface area contributed by atoms with Crippen molar-refractivity contribution in [3.8, 4) is 11.5 Å². The zero-order valence-corrected chi connectivity index (χ0v) is 17.6. The highest BCUT2D eigenvalue weighted by Crippen LogP contribution is 2.42. The van der Waals surface area contributed by atoms with Gasteiger partial charge in [0.1, 0.15) is 0 Å². The van der Waals surface area contributed by atoms with Crippen molar-refractivity contribution in [1.29, 1.82) is 0 Å². The van der Waals surface area contributed by atoms with E-state index in [1.807, 2.05) is 50.2 Å². The van der Waals surface area contributed by atoms with Crippen LogP contribution in [0.4, 0.5) is 0 Å². The average molecular weight is 385 g/mol. The second-order valence-electron chi connectivity index (χ2n) is 7.78. The molecule has 0 amide bonds. The van der Waals surface area contributed by atoms with Crippen LogP contribution in [0.15, 0.2) is 48.5 Å². The van der Waals surface area contributed by atoms with Crippen molar-refractivity contribution in [2.45, 2.75) is 51.9 Å². The summed E-state index contributed by atoms with van der Waals surface area (Å²) in [4.78, 5) is 12.0. The van der Waals surface area contributed by atoms with Crippen LogP contribution in [-0.2, 0) is 4.79 Å². The lowest BCUT2D eigenvalue weighted by Crippen LogP contribution is -2.29. The monoisotopic (exact) mass is 384 g/mol. The number of hydrogen-bond donors (Lipinski definition) is 1. The fraction of sp³-hybridized carbons (Fsp3) is 0.458. The Morgan fingerprint density at radius 3 is 2.21 bits per heavy atom. The summed E-state index contributed by atoms with van der Waals surface area (Å²) in [6, 6.07) is 16.3. The van der Waals surface area contributed by atoms with Crippen LogP contribution < -0.4 is 9.47 Å². The van der Waals surface area contributed by atoms with E-state index in [-0.39, 0.29) is 5.92 Å². The third-order valence-corrected chi connectivity index (χ3v) is 5.88. The molecule has 3 unspecified atom stereocenters. The Morgan fingerprint density at radius 2 is 1.68 bits per heavy atom. The van der Waals surface area contributed by atoms with Gasteiger partial charge in [-0.25, -0.2) is 0 Å². The largest absolute Gasteiger partial charge is 0.493 e. The Labute approximate surface area is 168 Å². The summed E-state index contributed by atoms with van der Waals surface area (Å²) >= 11 is 0. The molecule has 0 fully saturated rings. The molecule has 0 saturated heterocycles. The molecule has 3 atom stereocenters. The van der Waals surface area contributed by atoms with Crippen LogP contribution >= 0.6 is 0 Å². The Hall–Kier alpha value is -2.49. The van der Waals surface area contributed by atoms with E-state index in [4.69, 9.17) is 9.47 Å². The number of carbonyl (C=O) groups is 1. The average Bonchev–Trinajstić information content (AvgIpc) is 2.72. The smallest absolute Gasteiger partial charge is 0.309 e. The van der Waals surface area contributed by atoms with E-state index in [1.165, 1.54) is 5.56 Å². The van der Waals surface area contributed by atoms with Crippen LogP contribution in [0.3, 0.4) is 0 Å². The molecule has 0 spiro atoms. The molecular weight excluding hydrogens is 352 g/mol. The summed E-state index contributed by atoms with van der Waals surface area (Å²) in [6.45, 7) is 5.99. The molecule has 0 saturated carbocycles. The van der Waals surface area contributed by atoms with Crippen molar-refractivity contribution in [3.63, 3.8) is 0 Å². The van der Waals surface area contributed by atoms with Gasteiger partial charge in [0.2, 0.25) is 0 Å². The second-order valence-corrected chi connectivity index (χ2v) is 7.78. The second kappa shape index (κ2) is 9.63. The molecule has 0 aliphatic heterocycles. The third-order valence-electron chi connectivity index (χ3n) is 5.88. The minimum absolute atomic E-state index is 0.0936. The summed E-state index contributed by atoms with van der Waals surface area (Å²) in [7, 11) is 3.24. The maximum atomic E-state index is 12.0. The fourth-order valence-electron chi connectivity index (χ4n) is 3.72. The van der Waals surface area contributed by atoms with Gasteiger partial charge in [-0.1, -0.05) is 50.2 Å². The molecule has 0 heterocycles. The molecule has 2 aromatic rings. The Morgan fingerprint density at radius 1 is 1.04 bits per heavy atom. The summed E-state index contributed by atoms with van der Waals surface area (Å²) in [5.41, 5.74) is 1.58. The van der Waals surface area contributed by atoms with Crippen molar-refractivity contribution in [3.05, 3.63) is 59.7 Å². The van der Waals surface area contributed by atoms with Crippen LogP contribution in [0.1, 0.15) is 63.0 Å². The van der Waals surface area contributed by atoms with E-state index in [0.717, 1.165) is 12.0 Å². The molecule has 2 aromatic carbocycles. The van der Waals surface area contributed by atoms with E-state index in [1.54, 1.807) is 14.2 Å². The SMILES string of the molecule is CCC(C)(CC(CC(C)c1ccccc1)c1ccc(OC)c(OC)c1)C(=O)O. The lowest BCUT2D eigenvalue weighted by Gasteiger charge is -2.31. The van der Waals surface area contributed by atoms with Gasteiger partial charge in [-0.15, -0.1) is 0 Å². The van der Waals surface area contributed by atoms with Gasteiger partial charge in [0.05, 0.1) is 19.6 Å². The fourth-order valence-corrected chi connectivity index (χ4v) is 3.72. The zero-order valence-electron chi connectivity index (χ0n) is 17.6. The highest BCUT2D eigenvalue weighted by Gasteiger charge is 2.35. The van der Waals surface area contributed by atoms with Crippen molar-refractivity contribution in [2.75, 3.05) is 14.2 Å². The molecular formula is C24H32O4. The molecule has 152 valence electrons. The number of methoxy groups -OCH3 is 2. The van der Waals surface area contributed by atoms with E-state index < -0.39 is 11.4 Å². The van der Waals surface area contributed by atoms with Crippen molar-refractivity contribution in [1.82, 2.24) is 0 Å². The maximum absolute atomic E-state index is 12.0. The Balaban J connectivity index is 2.39. The highest BCUT2D eigenvalue weighted by molar-refractivity contribution is 5.74. The first-order chi connectivity index (χ1) is 13.3. The standard InChI is InChI=1S/C24H32O4/c1-6-24(3,23(25)26)16-20(14-17(2)18-10-8-7-9-11-18)19-12-13-21(27-4)22(15-19)28-5/h7-13,15,17,20H,6,14,16H2,1-5H3,(H,25,26). The number of carboxylic acid groups (broad SMARTS) is 1. The molecule has 0 aliphatic carbocycles. The summed E-state index contributed by atoms with van der Waals surface area (Å²) in [5, 5.41) is 9.82. The lowest BCUT2D eigenvalue weighted by molar-refractivity contribution is -0.148. The van der Waals surface area contributed by atoms with Gasteiger partial charge in [-0.05, 0) is 61.3 Å². The predicted molar refractivity (Wildman–Crippen MR) is 112 cm³/mol. The first-order valence-electron chi connectivity index (χ1n) is 9.84. The quantitative estimate of drug-likeness (QED) is 0.556. The predicted octanol–water partition coefficient (Wildman–Crippen LogP) is 5.87. The lowest BCUT2D eigenvalue weighted by atomic mass is 9.73. The van der Waals surface area contributed by atoms with Gasteiger partial charge in [-0.3, -0.25) is 4.79 Å². The van der Waals surface area contributed by atoms with Crippen molar-refractivity contribution in [2.24, 2.45) is 5.41 Å². The zero-order chi connectivity index (χ0) is 20.7. The number of benzene rings is 2. The van der Waals surface area contributed by atoms with Gasteiger partial charge in [0, 0.05) is 0 Å². The first kappa shape index (κ1) is 21.8. The molecule has 4 heteroatoms. The van der Waals surface area contributed by atoms with Crippen LogP contribution in [0.25, 0.3) is 0 Å². The Kier molecular flexibility index (Phi) is 7.50. The summed E-state index contributed by atoms with van der Waals surface area (Å²) in [5.74, 6) is 1.02. The molecule has 0 aliphatic rings. The molecule has 0 radical (unpaired) electrons. The summed E-state index contributed by atoms with van der Waals surface area (Å²) < 4.78 is 10.8. The van der Waals surface area contributed by atoms with E-state index in [9.17, 15) is 9.90 Å². The molecule has 1 N–H and O–H groups in total. The first-order valence-corrected chi connectivity index (χ1v) is 9.84. The number of carboxylic acids is 1. The minimum Gasteiger partial charge on any atom is -0.493 e. The molecule has 0 aromatic heterocycles. The van der Waals surface area contributed by atoms with Crippen molar-refractivity contribution < 1.29 is 19.4 Å². The molecule has 0 bridgehead atoms. The van der Waals surface area contributed by atoms with Gasteiger partial charge in [0.25, 0.3) is 0 Å². The number of aliphatic carboxylic acids is 1. The van der Waals surface area contributed by atoms with Crippen LogP contribution in [0.5, 0.6) is 11.5 Å². The van der Waals surface area contributed by atoms with Gasteiger partial charge in [0.15, 0.2) is 11.5 Å². The molecule has 2 rings (SSSR count). The van der Waals surface area contributed by atoms with Crippen LogP contribution in [-0.4, -0.2) is 25.3 Å². The van der Waals surface area contributed by atoms with Crippen molar-refractivity contribution >= 4 is 5.97 Å². The Bertz CT molecular complexity index is 771. The molecule has 4 nitrogen and oxygen atoms in total. The third kappa shape index (κ3) is 5.06. The van der Waals surface area contributed by atoms with E-state index in [0.29, 0.717) is 30.3 Å². The number of rotatable bonds is 10. The maximum Gasteiger partial charge on any atom is 0.309 e. The summed E-state index contributed by atoms with van der Waals surface area (Å²) in [6.07, 6.45) is 2.03. The van der Waals surface area contributed by atoms with Crippen LogP contribution in [0, 0.1) is 5.41 Å². The van der Waals surface area contributed by atoms with E-state index in [2.05, 4.69) is 19.1 Å². The van der Waals surface area contributed by atoms with Gasteiger partial charge >= 0.3 is 5.97 Å². The van der Waals surface area contributed by atoms with Gasteiger partial charge < -0.3 is 14.6 Å². The highest BCUT2D eigenvalue weighted by atomic mass is 16.5.